The number of nitrogens with zero attached hydrogens (tertiary/aromatic N) is 1. The van der Waals surface area contributed by atoms with Crippen molar-refractivity contribution in [3.63, 3.8) is 0 Å². The molecule has 2 aromatic rings. The molecule has 1 fully saturated rings. The van der Waals surface area contributed by atoms with Crippen LogP contribution in [0.25, 0.3) is 0 Å². The van der Waals surface area contributed by atoms with Crippen LogP contribution in [0.2, 0.25) is 5.02 Å². The van der Waals surface area contributed by atoms with E-state index < -0.39 is 11.8 Å². The fourth-order valence-electron chi connectivity index (χ4n) is 3.41. The minimum atomic E-state index is -0.933. The number of benzene rings is 2. The van der Waals surface area contributed by atoms with Crippen LogP contribution < -0.4 is 5.32 Å². The molecule has 3 rings (SSSR count). The van der Waals surface area contributed by atoms with Gasteiger partial charge in [-0.05, 0) is 48.9 Å². The van der Waals surface area contributed by atoms with Crippen LogP contribution in [0.4, 0.5) is 4.39 Å². The first-order valence-corrected chi connectivity index (χ1v) is 8.54. The minimum Gasteiger partial charge on any atom is -0.478 e. The average Bonchev–Trinajstić information content (AvgIpc) is 2.96. The van der Waals surface area contributed by atoms with E-state index in [1.807, 2.05) is 19.2 Å². The maximum Gasteiger partial charge on any atom is 0.335 e. The van der Waals surface area contributed by atoms with E-state index in [-0.39, 0.29) is 22.7 Å². The van der Waals surface area contributed by atoms with Gasteiger partial charge in [0.2, 0.25) is 0 Å². The number of carboxylic acids is 1. The Labute approximate surface area is 151 Å². The van der Waals surface area contributed by atoms with E-state index >= 15 is 0 Å². The van der Waals surface area contributed by atoms with E-state index in [1.165, 1.54) is 6.07 Å². The molecule has 0 aromatic heterocycles. The highest BCUT2D eigenvalue weighted by Crippen LogP contribution is 2.32. The van der Waals surface area contributed by atoms with Crippen LogP contribution in [0.5, 0.6) is 0 Å². The molecule has 1 aliphatic rings. The quantitative estimate of drug-likeness (QED) is 0.851. The van der Waals surface area contributed by atoms with E-state index in [1.54, 1.807) is 24.3 Å². The Kier molecular flexibility index (Phi) is 5.37. The number of carboxylic acid groups (broad SMARTS) is 1. The minimum absolute atomic E-state index is 0.0504. The average molecular weight is 363 g/mol. The van der Waals surface area contributed by atoms with Crippen LogP contribution in [0.3, 0.4) is 0 Å². The number of hydrogen-bond donors (Lipinski definition) is 2. The topological polar surface area (TPSA) is 52.6 Å². The van der Waals surface area contributed by atoms with Crippen molar-refractivity contribution in [1.82, 2.24) is 10.2 Å². The summed E-state index contributed by atoms with van der Waals surface area (Å²) < 4.78 is 13.8. The van der Waals surface area contributed by atoms with Gasteiger partial charge in [-0.15, -0.1) is 0 Å². The Hall–Kier alpha value is -1.95. The molecule has 132 valence electrons. The van der Waals surface area contributed by atoms with Gasteiger partial charge in [-0.3, -0.25) is 4.90 Å². The molecule has 2 unspecified atom stereocenters. The first kappa shape index (κ1) is 17.9. The van der Waals surface area contributed by atoms with Crippen molar-refractivity contribution in [2.24, 2.45) is 0 Å². The van der Waals surface area contributed by atoms with Crippen LogP contribution >= 0.6 is 11.6 Å². The molecule has 1 heterocycles. The molecule has 1 aliphatic heterocycles. The van der Waals surface area contributed by atoms with Crippen LogP contribution in [0.1, 0.15) is 33.9 Å². The molecule has 2 N–H and O–H groups in total. The lowest BCUT2D eigenvalue weighted by Gasteiger charge is -2.26. The van der Waals surface area contributed by atoms with Gasteiger partial charge in [0.05, 0.1) is 10.6 Å². The first-order chi connectivity index (χ1) is 12.0. The summed E-state index contributed by atoms with van der Waals surface area (Å²) in [6.45, 7) is 1.47. The first-order valence-electron chi connectivity index (χ1n) is 8.16. The summed E-state index contributed by atoms with van der Waals surface area (Å²) in [6.07, 6.45) is 0.935. The van der Waals surface area contributed by atoms with E-state index in [0.717, 1.165) is 24.1 Å². The lowest BCUT2D eigenvalue weighted by molar-refractivity contribution is 0.0696. The van der Waals surface area contributed by atoms with E-state index in [0.29, 0.717) is 6.54 Å². The number of nitrogens with one attached hydrogen (secondary N) is 1. The maximum absolute atomic E-state index is 13.8. The van der Waals surface area contributed by atoms with E-state index in [9.17, 15) is 9.18 Å². The van der Waals surface area contributed by atoms with Crippen molar-refractivity contribution in [2.75, 3.05) is 13.6 Å². The van der Waals surface area contributed by atoms with Gasteiger partial charge in [0.15, 0.2) is 0 Å². The summed E-state index contributed by atoms with van der Waals surface area (Å²) in [6, 6.07) is 12.0. The smallest absolute Gasteiger partial charge is 0.335 e. The Bertz CT molecular complexity index is 784. The van der Waals surface area contributed by atoms with Crippen LogP contribution in [0, 0.1) is 5.82 Å². The Balaban J connectivity index is 1.74. The van der Waals surface area contributed by atoms with Crippen molar-refractivity contribution in [3.8, 4) is 0 Å². The number of aromatic carboxylic acids is 1. The molecule has 0 saturated carbocycles. The van der Waals surface area contributed by atoms with Gasteiger partial charge in [0.1, 0.15) is 5.82 Å². The van der Waals surface area contributed by atoms with Crippen molar-refractivity contribution in [1.29, 1.82) is 0 Å². The standard InChI is InChI=1S/C19H20ClFN2O2/c1-23-8-7-17(18(23)13-5-6-15(20)16(21)10-13)22-11-12-3-2-4-14(9-12)19(24)25/h2-6,9-10,17-18,22H,7-8,11H2,1H3,(H,24,25). The normalized spacial score (nSPS) is 20.8. The Morgan fingerprint density at radius 1 is 1.36 bits per heavy atom. The van der Waals surface area contributed by atoms with Gasteiger partial charge in [-0.2, -0.15) is 0 Å². The number of halogens is 2. The molecule has 1 saturated heterocycles. The summed E-state index contributed by atoms with van der Waals surface area (Å²) in [4.78, 5) is 13.3. The third kappa shape index (κ3) is 4.00. The Morgan fingerprint density at radius 3 is 2.88 bits per heavy atom. The Morgan fingerprint density at radius 2 is 2.16 bits per heavy atom. The van der Waals surface area contributed by atoms with Gasteiger partial charge in [-0.1, -0.05) is 29.8 Å². The van der Waals surface area contributed by atoms with Gasteiger partial charge in [0, 0.05) is 25.2 Å². The molecule has 6 heteroatoms. The fraction of sp³-hybridized carbons (Fsp3) is 0.316. The summed E-state index contributed by atoms with van der Waals surface area (Å²) in [5.74, 6) is -1.34. The highest BCUT2D eigenvalue weighted by molar-refractivity contribution is 6.30. The molecule has 2 aromatic carbocycles. The third-order valence-corrected chi connectivity index (χ3v) is 4.98. The van der Waals surface area contributed by atoms with Crippen LogP contribution in [-0.4, -0.2) is 35.6 Å². The fourth-order valence-corrected chi connectivity index (χ4v) is 3.52. The second-order valence-electron chi connectivity index (χ2n) is 6.38. The lowest BCUT2D eigenvalue weighted by atomic mass is 9.99. The zero-order valence-electron chi connectivity index (χ0n) is 13.9. The summed E-state index contributed by atoms with van der Waals surface area (Å²) in [5.41, 5.74) is 2.08. The second kappa shape index (κ2) is 7.52. The largest absolute Gasteiger partial charge is 0.478 e. The second-order valence-corrected chi connectivity index (χ2v) is 6.79. The number of likely N-dealkylation sites (tertiary alicyclic amines) is 1. The molecule has 0 aliphatic carbocycles. The highest BCUT2D eigenvalue weighted by Gasteiger charge is 2.33. The predicted octanol–water partition coefficient (Wildman–Crippen LogP) is 3.71. The van der Waals surface area contributed by atoms with Crippen molar-refractivity contribution in [3.05, 3.63) is 70.0 Å². The highest BCUT2D eigenvalue weighted by atomic mass is 35.5. The van der Waals surface area contributed by atoms with Gasteiger partial charge in [0.25, 0.3) is 0 Å². The van der Waals surface area contributed by atoms with Crippen LogP contribution in [0.15, 0.2) is 42.5 Å². The summed E-state index contributed by atoms with van der Waals surface area (Å²) >= 11 is 5.79. The molecule has 0 radical (unpaired) electrons. The third-order valence-electron chi connectivity index (χ3n) is 4.68. The van der Waals surface area contributed by atoms with E-state index in [2.05, 4.69) is 10.2 Å². The number of rotatable bonds is 5. The monoisotopic (exact) mass is 362 g/mol. The zero-order valence-corrected chi connectivity index (χ0v) is 14.6. The van der Waals surface area contributed by atoms with Crippen molar-refractivity contribution >= 4 is 17.6 Å². The van der Waals surface area contributed by atoms with Crippen molar-refractivity contribution in [2.45, 2.75) is 25.0 Å². The molecule has 2 atom stereocenters. The van der Waals surface area contributed by atoms with Crippen molar-refractivity contribution < 1.29 is 14.3 Å². The molecule has 0 bridgehead atoms. The molecule has 0 amide bonds. The molecular formula is C19H20ClFN2O2. The van der Waals surface area contributed by atoms with Gasteiger partial charge in [-0.25, -0.2) is 9.18 Å². The zero-order chi connectivity index (χ0) is 18.0. The molecule has 0 spiro atoms. The number of carbonyl (C=O) groups is 1. The molecule has 25 heavy (non-hydrogen) atoms. The number of hydrogen-bond acceptors (Lipinski definition) is 3. The summed E-state index contributed by atoms with van der Waals surface area (Å²) in [7, 11) is 2.02. The SMILES string of the molecule is CN1CCC(NCc2cccc(C(=O)O)c2)C1c1ccc(Cl)c(F)c1. The van der Waals surface area contributed by atoms with Gasteiger partial charge < -0.3 is 10.4 Å². The summed E-state index contributed by atoms with van der Waals surface area (Å²) in [5, 5.41) is 12.7. The van der Waals surface area contributed by atoms with Gasteiger partial charge >= 0.3 is 5.97 Å². The predicted molar refractivity (Wildman–Crippen MR) is 95.4 cm³/mol. The lowest BCUT2D eigenvalue weighted by Crippen LogP contribution is -2.34. The molecule has 4 nitrogen and oxygen atoms in total. The van der Waals surface area contributed by atoms with E-state index in [4.69, 9.17) is 16.7 Å². The maximum atomic E-state index is 13.8. The van der Waals surface area contributed by atoms with Crippen LogP contribution in [-0.2, 0) is 6.54 Å². The molecular weight excluding hydrogens is 343 g/mol. The number of likely N-dealkylation sites (N-methyl/N-ethyl adjacent to an activating group) is 1.